The summed E-state index contributed by atoms with van der Waals surface area (Å²) in [7, 11) is 1.80. The van der Waals surface area contributed by atoms with Gasteiger partial charge < -0.3 is 15.2 Å². The second kappa shape index (κ2) is 8.33. The third kappa shape index (κ3) is 4.84. The molecule has 0 aliphatic rings. The molecule has 6 heteroatoms. The molecule has 2 unspecified atom stereocenters. The summed E-state index contributed by atoms with van der Waals surface area (Å²) in [6.07, 6.45) is 0.999. The molecule has 2 atom stereocenters. The molecular formula is C18H28N4OS. The first kappa shape index (κ1) is 18.5. The molecule has 2 heterocycles. The summed E-state index contributed by atoms with van der Waals surface area (Å²) in [6.45, 7) is 11.2. The number of rotatable bonds is 6. The van der Waals surface area contributed by atoms with Gasteiger partial charge in [-0.15, -0.1) is 11.3 Å². The summed E-state index contributed by atoms with van der Waals surface area (Å²) in [5.41, 5.74) is 2.14. The summed E-state index contributed by atoms with van der Waals surface area (Å²) < 4.78 is 5.26. The van der Waals surface area contributed by atoms with E-state index in [4.69, 9.17) is 4.52 Å². The minimum Gasteiger partial charge on any atom is -0.361 e. The van der Waals surface area contributed by atoms with Gasteiger partial charge >= 0.3 is 0 Å². The standard InChI is InChI=1S/C18H28N4OS/c1-11(17-14(4)22-23-15(17)5)10-20-18(19-6)21-12(2)9-16-8-7-13(3)24-16/h7-8,11-12H,9-10H2,1-6H3,(H2,19,20,21). The maximum atomic E-state index is 5.26. The van der Waals surface area contributed by atoms with Gasteiger partial charge in [0.2, 0.25) is 0 Å². The number of thiophene rings is 1. The number of aromatic nitrogens is 1. The van der Waals surface area contributed by atoms with Crippen LogP contribution in [0.3, 0.4) is 0 Å². The van der Waals surface area contributed by atoms with Crippen molar-refractivity contribution < 1.29 is 4.52 Å². The lowest BCUT2D eigenvalue weighted by molar-refractivity contribution is 0.391. The van der Waals surface area contributed by atoms with E-state index in [1.54, 1.807) is 7.05 Å². The Morgan fingerprint density at radius 2 is 2.04 bits per heavy atom. The van der Waals surface area contributed by atoms with Crippen molar-refractivity contribution in [2.45, 2.75) is 53.0 Å². The van der Waals surface area contributed by atoms with Crippen LogP contribution in [0.25, 0.3) is 0 Å². The predicted octanol–water partition coefficient (Wildman–Crippen LogP) is 3.56. The van der Waals surface area contributed by atoms with Gasteiger partial charge in [0.15, 0.2) is 5.96 Å². The molecule has 5 nitrogen and oxygen atoms in total. The SMILES string of the molecule is CN=C(NCC(C)c1c(C)noc1C)NC(C)Cc1ccc(C)s1. The summed E-state index contributed by atoms with van der Waals surface area (Å²) >= 11 is 1.85. The van der Waals surface area contributed by atoms with E-state index >= 15 is 0 Å². The zero-order chi connectivity index (χ0) is 17.7. The first-order chi connectivity index (χ1) is 11.4. The number of guanidine groups is 1. The predicted molar refractivity (Wildman–Crippen MR) is 101 cm³/mol. The molecule has 24 heavy (non-hydrogen) atoms. The molecule has 0 saturated carbocycles. The van der Waals surface area contributed by atoms with Crippen molar-refractivity contribution in [3.63, 3.8) is 0 Å². The maximum Gasteiger partial charge on any atom is 0.191 e. The Labute approximate surface area is 148 Å². The monoisotopic (exact) mass is 348 g/mol. The van der Waals surface area contributed by atoms with Crippen molar-refractivity contribution in [1.82, 2.24) is 15.8 Å². The lowest BCUT2D eigenvalue weighted by Crippen LogP contribution is -2.44. The Balaban J connectivity index is 1.86. The van der Waals surface area contributed by atoms with Gasteiger partial charge in [0.25, 0.3) is 0 Å². The van der Waals surface area contributed by atoms with E-state index in [1.165, 1.54) is 15.3 Å². The van der Waals surface area contributed by atoms with E-state index in [2.05, 4.69) is 53.7 Å². The number of aryl methyl sites for hydroxylation is 3. The van der Waals surface area contributed by atoms with E-state index in [-0.39, 0.29) is 0 Å². The molecule has 0 bridgehead atoms. The van der Waals surface area contributed by atoms with Crippen LogP contribution in [0.15, 0.2) is 21.6 Å². The van der Waals surface area contributed by atoms with Gasteiger partial charge in [-0.2, -0.15) is 0 Å². The smallest absolute Gasteiger partial charge is 0.191 e. The van der Waals surface area contributed by atoms with Crippen LogP contribution in [0.5, 0.6) is 0 Å². The highest BCUT2D eigenvalue weighted by atomic mass is 32.1. The van der Waals surface area contributed by atoms with Crippen molar-refractivity contribution in [1.29, 1.82) is 0 Å². The average molecular weight is 349 g/mol. The van der Waals surface area contributed by atoms with E-state index < -0.39 is 0 Å². The minimum absolute atomic E-state index is 0.310. The number of hydrogen-bond donors (Lipinski definition) is 2. The lowest BCUT2D eigenvalue weighted by Gasteiger charge is -2.19. The van der Waals surface area contributed by atoms with E-state index in [0.29, 0.717) is 12.0 Å². The van der Waals surface area contributed by atoms with E-state index in [0.717, 1.165) is 30.4 Å². The summed E-state index contributed by atoms with van der Waals surface area (Å²) in [6, 6.07) is 4.70. The fourth-order valence-electron chi connectivity index (χ4n) is 2.92. The molecule has 0 saturated heterocycles. The molecule has 0 aliphatic carbocycles. The summed E-state index contributed by atoms with van der Waals surface area (Å²) in [5, 5.41) is 10.9. The van der Waals surface area contributed by atoms with Crippen LogP contribution >= 0.6 is 11.3 Å². The van der Waals surface area contributed by atoms with Crippen LogP contribution in [0.4, 0.5) is 0 Å². The molecule has 2 aromatic rings. The molecular weight excluding hydrogens is 320 g/mol. The van der Waals surface area contributed by atoms with Crippen LogP contribution < -0.4 is 10.6 Å². The number of hydrogen-bond acceptors (Lipinski definition) is 4. The van der Waals surface area contributed by atoms with Crippen molar-refractivity contribution in [2.75, 3.05) is 13.6 Å². The van der Waals surface area contributed by atoms with Crippen molar-refractivity contribution >= 4 is 17.3 Å². The third-order valence-electron chi connectivity index (χ3n) is 4.07. The molecule has 0 aliphatic heterocycles. The lowest BCUT2D eigenvalue weighted by atomic mass is 10.00. The first-order valence-electron chi connectivity index (χ1n) is 8.36. The highest BCUT2D eigenvalue weighted by Gasteiger charge is 2.17. The van der Waals surface area contributed by atoms with Crippen LogP contribution in [0.2, 0.25) is 0 Å². The van der Waals surface area contributed by atoms with Crippen molar-refractivity contribution in [3.8, 4) is 0 Å². The molecule has 2 N–H and O–H groups in total. The Morgan fingerprint density at radius 3 is 2.58 bits per heavy atom. The van der Waals surface area contributed by atoms with Crippen LogP contribution in [-0.2, 0) is 6.42 Å². The zero-order valence-corrected chi connectivity index (χ0v) is 16.3. The van der Waals surface area contributed by atoms with Gasteiger partial charge in [0, 0.05) is 47.3 Å². The fraction of sp³-hybridized carbons (Fsp3) is 0.556. The summed E-state index contributed by atoms with van der Waals surface area (Å²) in [5.74, 6) is 2.03. The van der Waals surface area contributed by atoms with E-state index in [1.807, 2.05) is 25.2 Å². The maximum absolute atomic E-state index is 5.26. The second-order valence-corrected chi connectivity index (χ2v) is 7.73. The number of nitrogens with zero attached hydrogens (tertiary/aromatic N) is 2. The van der Waals surface area contributed by atoms with Gasteiger partial charge in [-0.1, -0.05) is 12.1 Å². The minimum atomic E-state index is 0.310. The van der Waals surface area contributed by atoms with Gasteiger partial charge in [0.1, 0.15) is 5.76 Å². The topological polar surface area (TPSA) is 62.5 Å². The highest BCUT2D eigenvalue weighted by Crippen LogP contribution is 2.22. The van der Waals surface area contributed by atoms with Gasteiger partial charge in [0.05, 0.1) is 5.69 Å². The largest absolute Gasteiger partial charge is 0.361 e. The normalized spacial score (nSPS) is 14.5. The van der Waals surface area contributed by atoms with Gasteiger partial charge in [-0.3, -0.25) is 4.99 Å². The van der Waals surface area contributed by atoms with Gasteiger partial charge in [-0.25, -0.2) is 0 Å². The third-order valence-corrected chi connectivity index (χ3v) is 5.09. The van der Waals surface area contributed by atoms with Crippen molar-refractivity contribution in [2.24, 2.45) is 4.99 Å². The molecule has 0 aromatic carbocycles. The average Bonchev–Trinajstić information content (AvgIpc) is 3.08. The van der Waals surface area contributed by atoms with Crippen LogP contribution in [0.1, 0.15) is 46.5 Å². The van der Waals surface area contributed by atoms with Crippen molar-refractivity contribution in [3.05, 3.63) is 38.9 Å². The van der Waals surface area contributed by atoms with Gasteiger partial charge in [-0.05, 0) is 39.8 Å². The zero-order valence-electron chi connectivity index (χ0n) is 15.4. The Hall–Kier alpha value is -1.82. The molecule has 2 rings (SSSR count). The van der Waals surface area contributed by atoms with Crippen LogP contribution in [0, 0.1) is 20.8 Å². The Bertz CT molecular complexity index is 670. The second-order valence-electron chi connectivity index (χ2n) is 6.35. The van der Waals surface area contributed by atoms with Crippen LogP contribution in [-0.4, -0.2) is 30.8 Å². The Morgan fingerprint density at radius 1 is 1.29 bits per heavy atom. The molecule has 132 valence electrons. The first-order valence-corrected chi connectivity index (χ1v) is 9.17. The quantitative estimate of drug-likeness (QED) is 0.619. The number of nitrogens with one attached hydrogen (secondary N) is 2. The highest BCUT2D eigenvalue weighted by molar-refractivity contribution is 7.11. The molecule has 0 radical (unpaired) electrons. The Kier molecular flexibility index (Phi) is 6.43. The molecule has 2 aromatic heterocycles. The fourth-order valence-corrected chi connectivity index (χ4v) is 3.94. The summed E-state index contributed by atoms with van der Waals surface area (Å²) in [4.78, 5) is 7.08. The number of aliphatic imine (C=N–C) groups is 1. The molecule has 0 spiro atoms. The molecule has 0 amide bonds. The molecule has 0 fully saturated rings. The van der Waals surface area contributed by atoms with E-state index in [9.17, 15) is 0 Å².